The predicted octanol–water partition coefficient (Wildman–Crippen LogP) is 0.654. The van der Waals surface area contributed by atoms with Crippen molar-refractivity contribution in [3.05, 3.63) is 49.1 Å². The zero-order chi connectivity index (χ0) is 17.1. The van der Waals surface area contributed by atoms with Crippen molar-refractivity contribution < 1.29 is 49.3 Å². The Kier molecular flexibility index (Phi) is 9.57. The average Bonchev–Trinajstić information content (AvgIpc) is 2.50. The summed E-state index contributed by atoms with van der Waals surface area (Å²) in [6.07, 6.45) is 0. The first-order chi connectivity index (χ1) is 10.8. The van der Waals surface area contributed by atoms with Gasteiger partial charge in [0.05, 0.1) is 11.1 Å². The molecule has 0 aliphatic heterocycles. The quantitative estimate of drug-likeness (QED) is 0.277. The summed E-state index contributed by atoms with van der Waals surface area (Å²) in [6, 6.07) is 9.05. The number of hydrogen-bond acceptors (Lipinski definition) is 4. The molecule has 0 unspecified atom stereocenters. The minimum Gasteiger partial charge on any atom is -0.872 e. The summed E-state index contributed by atoms with van der Waals surface area (Å²) in [5, 5.41) is 20.3. The fraction of sp³-hybridized carbons (Fsp3) is 0.133. The monoisotopic (exact) mass is 673 g/mol. The molecule has 5 nitrogen and oxygen atoms in total. The number of ether oxygens (including phenoxy) is 1. The van der Waals surface area contributed by atoms with Crippen molar-refractivity contribution in [1.29, 1.82) is 0 Å². The molecule has 0 radical (unpaired) electrons. The number of aliphatic carboxylic acids is 1. The first kappa shape index (κ1) is 22.7. The minimum absolute atomic E-state index is 0. The molecule has 9 heteroatoms. The van der Waals surface area contributed by atoms with E-state index in [2.05, 4.69) is 22.6 Å². The van der Waals surface area contributed by atoms with Crippen LogP contribution in [-0.4, -0.2) is 17.1 Å². The van der Waals surface area contributed by atoms with Crippen LogP contribution in [-0.2, 0) is 4.79 Å². The van der Waals surface area contributed by atoms with Gasteiger partial charge in [-0.1, -0.05) is 40.8 Å². The van der Waals surface area contributed by atoms with Crippen molar-refractivity contribution in [3.63, 3.8) is 0 Å². The number of alkyl halides is 1. The van der Waals surface area contributed by atoms with E-state index in [9.17, 15) is 9.90 Å². The third-order valence-electron chi connectivity index (χ3n) is 3.00. The molecule has 24 heavy (non-hydrogen) atoms. The van der Waals surface area contributed by atoms with Crippen LogP contribution in [0.3, 0.4) is 0 Å². The smallest absolute Gasteiger partial charge is 0.872 e. The molecule has 3 N–H and O–H groups in total. The van der Waals surface area contributed by atoms with E-state index in [1.807, 2.05) is 51.2 Å². The standard InChI is InChI=1S/C15H12I3NO4.Na/c16-9-5-7(13(18)14(19)15(21)22)1-3-11(9)23-12-4-2-8(20)6-10(12)17;/h1-6,13-14,20H,19H2,(H,21,22);/q;+1/p-1/t13-,14-;/m0./s1. The van der Waals surface area contributed by atoms with Crippen LogP contribution in [0.5, 0.6) is 17.2 Å². The maximum atomic E-state index is 11.3. The summed E-state index contributed by atoms with van der Waals surface area (Å²) < 4.78 is 7.06. The average molecular weight is 673 g/mol. The van der Waals surface area contributed by atoms with Crippen molar-refractivity contribution in [1.82, 2.24) is 0 Å². The first-order valence-corrected chi connectivity index (χ1v) is 9.76. The molecule has 2 rings (SSSR count). The van der Waals surface area contributed by atoms with Gasteiger partial charge in [0.25, 0.3) is 0 Å². The van der Waals surface area contributed by atoms with Crippen LogP contribution >= 0.6 is 67.8 Å². The van der Waals surface area contributed by atoms with Gasteiger partial charge in [-0.15, -0.1) is 5.75 Å². The van der Waals surface area contributed by atoms with Gasteiger partial charge in [0.1, 0.15) is 17.5 Å². The van der Waals surface area contributed by atoms with E-state index in [0.717, 1.165) is 12.7 Å². The Labute approximate surface area is 202 Å². The van der Waals surface area contributed by atoms with Crippen molar-refractivity contribution >= 4 is 73.7 Å². The third-order valence-corrected chi connectivity index (χ3v) is 6.18. The Balaban J connectivity index is 0.00000288. The summed E-state index contributed by atoms with van der Waals surface area (Å²) in [5.41, 5.74) is 6.49. The number of carboxylic acid groups (broad SMARTS) is 1. The normalized spacial score (nSPS) is 12.8. The predicted molar refractivity (Wildman–Crippen MR) is 110 cm³/mol. The van der Waals surface area contributed by atoms with E-state index in [0.29, 0.717) is 11.5 Å². The van der Waals surface area contributed by atoms with Gasteiger partial charge in [0.2, 0.25) is 0 Å². The number of carbonyl (C=O) groups is 1. The number of hydrogen-bond donors (Lipinski definition) is 2. The Morgan fingerprint density at radius 3 is 2.17 bits per heavy atom. The largest absolute Gasteiger partial charge is 1.00 e. The Morgan fingerprint density at radius 2 is 1.67 bits per heavy atom. The van der Waals surface area contributed by atoms with Gasteiger partial charge in [-0.2, -0.15) is 0 Å². The maximum absolute atomic E-state index is 11.3. The summed E-state index contributed by atoms with van der Waals surface area (Å²) in [4.78, 5) is 11.0. The van der Waals surface area contributed by atoms with E-state index < -0.39 is 12.0 Å². The molecule has 0 fully saturated rings. The molecular formula is C15H11I3NNaO4. The van der Waals surface area contributed by atoms with Gasteiger partial charge in [0.15, 0.2) is 0 Å². The SMILES string of the molecule is N[C@H](C(=O)O)[C@@H](I)c1ccc(Oc2ccc([O-])cc2I)c(I)c1.[Na+]. The maximum Gasteiger partial charge on any atom is 1.00 e. The molecule has 0 heterocycles. The molecule has 0 aliphatic rings. The zero-order valence-corrected chi connectivity index (χ0v) is 21.0. The summed E-state index contributed by atoms with van der Waals surface area (Å²) in [7, 11) is 0. The molecule has 2 aromatic rings. The van der Waals surface area contributed by atoms with Gasteiger partial charge in [-0.25, -0.2) is 0 Å². The second kappa shape index (κ2) is 10.1. The molecule has 0 aliphatic carbocycles. The third kappa shape index (κ3) is 5.84. The van der Waals surface area contributed by atoms with E-state index in [1.165, 1.54) is 12.1 Å². The molecule has 0 saturated heterocycles. The second-order valence-electron chi connectivity index (χ2n) is 4.65. The fourth-order valence-electron chi connectivity index (χ4n) is 1.79. The fourth-order valence-corrected chi connectivity index (χ4v) is 3.73. The Morgan fingerprint density at radius 1 is 1.12 bits per heavy atom. The van der Waals surface area contributed by atoms with Gasteiger partial charge in [-0.05, 0) is 68.9 Å². The van der Waals surface area contributed by atoms with Crippen LogP contribution < -0.4 is 45.1 Å². The number of halogens is 3. The number of rotatable bonds is 5. The van der Waals surface area contributed by atoms with Crippen LogP contribution in [0, 0.1) is 7.14 Å². The van der Waals surface area contributed by atoms with Crippen molar-refractivity contribution in [2.75, 3.05) is 0 Å². The van der Waals surface area contributed by atoms with Gasteiger partial charge in [-0.3, -0.25) is 4.79 Å². The van der Waals surface area contributed by atoms with Crippen LogP contribution in [0.1, 0.15) is 9.49 Å². The van der Waals surface area contributed by atoms with Crippen molar-refractivity contribution in [3.8, 4) is 17.2 Å². The molecule has 0 aromatic heterocycles. The van der Waals surface area contributed by atoms with Gasteiger partial charge in [0, 0.05) is 0 Å². The molecule has 2 aromatic carbocycles. The topological polar surface area (TPSA) is 95.6 Å². The van der Waals surface area contributed by atoms with E-state index in [1.54, 1.807) is 18.2 Å². The van der Waals surface area contributed by atoms with Crippen LogP contribution in [0.2, 0.25) is 0 Å². The van der Waals surface area contributed by atoms with E-state index >= 15 is 0 Å². The summed E-state index contributed by atoms with van der Waals surface area (Å²) in [6.45, 7) is 0. The van der Waals surface area contributed by atoms with Crippen LogP contribution in [0.25, 0.3) is 0 Å². The molecule has 0 saturated carbocycles. The van der Waals surface area contributed by atoms with Crippen LogP contribution in [0.15, 0.2) is 36.4 Å². The number of carboxylic acids is 1. The van der Waals surface area contributed by atoms with Crippen molar-refractivity contribution in [2.45, 2.75) is 9.97 Å². The molecule has 0 amide bonds. The van der Waals surface area contributed by atoms with Crippen molar-refractivity contribution in [2.24, 2.45) is 5.73 Å². The number of benzene rings is 2. The molecule has 2 atom stereocenters. The minimum atomic E-state index is -1.04. The van der Waals surface area contributed by atoms with Gasteiger partial charge >= 0.3 is 35.5 Å². The van der Waals surface area contributed by atoms with E-state index in [-0.39, 0.29) is 39.2 Å². The molecule has 0 bridgehead atoms. The van der Waals surface area contributed by atoms with Gasteiger partial charge < -0.3 is 20.7 Å². The Hall–Kier alpha value is 0.660. The summed E-state index contributed by atoms with van der Waals surface area (Å²) in [5.74, 6) is 0.136. The first-order valence-electron chi connectivity index (χ1n) is 6.36. The van der Waals surface area contributed by atoms with E-state index in [4.69, 9.17) is 15.6 Å². The number of nitrogens with two attached hydrogens (primary N) is 1. The van der Waals surface area contributed by atoms with Crippen LogP contribution in [0.4, 0.5) is 0 Å². The zero-order valence-electron chi connectivity index (χ0n) is 12.5. The Bertz CT molecular complexity index is 745. The summed E-state index contributed by atoms with van der Waals surface area (Å²) >= 11 is 6.20. The second-order valence-corrected chi connectivity index (χ2v) is 8.32. The molecule has 0 spiro atoms. The molecular weight excluding hydrogens is 662 g/mol. The molecule has 122 valence electrons.